The summed E-state index contributed by atoms with van der Waals surface area (Å²) in [6, 6.07) is 7.28. The lowest BCUT2D eigenvalue weighted by Crippen LogP contribution is -2.37. The van der Waals surface area contributed by atoms with Crippen LogP contribution in [0, 0.1) is 0 Å². The zero-order valence-electron chi connectivity index (χ0n) is 10.3. The molecule has 0 spiro atoms. The van der Waals surface area contributed by atoms with Crippen molar-refractivity contribution in [2.75, 3.05) is 6.61 Å². The van der Waals surface area contributed by atoms with Crippen LogP contribution >= 0.6 is 11.6 Å². The van der Waals surface area contributed by atoms with Crippen LogP contribution in [-0.2, 0) is 4.74 Å². The van der Waals surface area contributed by atoms with E-state index >= 15 is 0 Å². The van der Waals surface area contributed by atoms with Crippen molar-refractivity contribution in [3.05, 3.63) is 35.0 Å². The van der Waals surface area contributed by atoms with Crippen molar-refractivity contribution in [2.24, 2.45) is 5.73 Å². The minimum atomic E-state index is -0.322. The fraction of sp³-hybridized carbons (Fsp3) is 0.429. The molecular formula is C14H16ClNO2. The first kappa shape index (κ1) is 12.0. The number of ether oxygens (including phenoxy) is 1. The maximum absolute atomic E-state index is 6.28. The maximum atomic E-state index is 6.28. The van der Waals surface area contributed by atoms with Gasteiger partial charge in [-0.25, -0.2) is 0 Å². The fourth-order valence-electron chi connectivity index (χ4n) is 2.53. The van der Waals surface area contributed by atoms with Crippen molar-refractivity contribution < 1.29 is 9.15 Å². The second kappa shape index (κ2) is 4.26. The molecular weight excluding hydrogens is 250 g/mol. The molecule has 0 bridgehead atoms. The van der Waals surface area contributed by atoms with E-state index in [2.05, 4.69) is 0 Å². The van der Waals surface area contributed by atoms with Crippen LogP contribution in [0.25, 0.3) is 11.0 Å². The average Bonchev–Trinajstić information content (AvgIpc) is 2.94. The Bertz CT molecular complexity index is 572. The molecule has 1 aromatic heterocycles. The quantitative estimate of drug-likeness (QED) is 0.902. The first-order valence-corrected chi connectivity index (χ1v) is 6.55. The molecule has 0 aliphatic carbocycles. The normalized spacial score (nSPS) is 25.7. The minimum absolute atomic E-state index is 0.244. The molecule has 2 unspecified atom stereocenters. The monoisotopic (exact) mass is 265 g/mol. The van der Waals surface area contributed by atoms with Crippen LogP contribution in [0.1, 0.15) is 31.6 Å². The van der Waals surface area contributed by atoms with E-state index in [1.165, 1.54) is 0 Å². The Morgan fingerprint density at radius 3 is 2.94 bits per heavy atom. The SMILES string of the molecule is CC1(C(N)c2cc3cc(Cl)ccc3o2)CCCO1. The van der Waals surface area contributed by atoms with Gasteiger partial charge in [-0.05, 0) is 44.0 Å². The zero-order valence-corrected chi connectivity index (χ0v) is 11.0. The van der Waals surface area contributed by atoms with Gasteiger partial charge in [0.2, 0.25) is 0 Å². The van der Waals surface area contributed by atoms with Crippen molar-refractivity contribution in [2.45, 2.75) is 31.4 Å². The smallest absolute Gasteiger partial charge is 0.134 e. The van der Waals surface area contributed by atoms with E-state index < -0.39 is 0 Å². The van der Waals surface area contributed by atoms with E-state index in [1.807, 2.05) is 31.2 Å². The van der Waals surface area contributed by atoms with Gasteiger partial charge in [0, 0.05) is 17.0 Å². The van der Waals surface area contributed by atoms with Gasteiger partial charge in [-0.1, -0.05) is 11.6 Å². The fourth-order valence-corrected chi connectivity index (χ4v) is 2.72. The molecule has 1 fully saturated rings. The molecule has 2 aromatic rings. The number of rotatable bonds is 2. The number of hydrogen-bond donors (Lipinski definition) is 1. The molecule has 1 aliphatic heterocycles. The van der Waals surface area contributed by atoms with Crippen molar-refractivity contribution in [1.82, 2.24) is 0 Å². The number of halogens is 1. The van der Waals surface area contributed by atoms with E-state index in [-0.39, 0.29) is 11.6 Å². The van der Waals surface area contributed by atoms with E-state index in [9.17, 15) is 0 Å². The first-order valence-electron chi connectivity index (χ1n) is 6.17. The third-order valence-electron chi connectivity index (χ3n) is 3.71. The highest BCUT2D eigenvalue weighted by atomic mass is 35.5. The molecule has 1 aliphatic rings. The van der Waals surface area contributed by atoms with Crippen LogP contribution in [0.15, 0.2) is 28.7 Å². The summed E-state index contributed by atoms with van der Waals surface area (Å²) in [5.41, 5.74) is 6.77. The lowest BCUT2D eigenvalue weighted by atomic mass is 9.92. The highest BCUT2D eigenvalue weighted by Gasteiger charge is 2.38. The maximum Gasteiger partial charge on any atom is 0.134 e. The Morgan fingerprint density at radius 2 is 2.22 bits per heavy atom. The Kier molecular flexibility index (Phi) is 2.85. The van der Waals surface area contributed by atoms with Gasteiger partial charge in [-0.3, -0.25) is 0 Å². The molecule has 96 valence electrons. The molecule has 0 radical (unpaired) electrons. The summed E-state index contributed by atoms with van der Waals surface area (Å²) in [4.78, 5) is 0. The second-order valence-electron chi connectivity index (χ2n) is 5.07. The van der Waals surface area contributed by atoms with Crippen molar-refractivity contribution >= 4 is 22.6 Å². The predicted octanol–water partition coefficient (Wildman–Crippen LogP) is 3.66. The van der Waals surface area contributed by atoms with Crippen LogP contribution in [0.5, 0.6) is 0 Å². The van der Waals surface area contributed by atoms with Crippen LogP contribution in [0.4, 0.5) is 0 Å². The van der Waals surface area contributed by atoms with Crippen LogP contribution in [-0.4, -0.2) is 12.2 Å². The molecule has 1 saturated heterocycles. The summed E-state index contributed by atoms with van der Waals surface area (Å²) in [6.07, 6.45) is 2.02. The van der Waals surface area contributed by atoms with Gasteiger partial charge in [0.25, 0.3) is 0 Å². The van der Waals surface area contributed by atoms with E-state index in [0.29, 0.717) is 5.02 Å². The predicted molar refractivity (Wildman–Crippen MR) is 71.7 cm³/mol. The molecule has 2 N–H and O–H groups in total. The summed E-state index contributed by atoms with van der Waals surface area (Å²) in [5.74, 6) is 0.761. The third-order valence-corrected chi connectivity index (χ3v) is 3.95. The van der Waals surface area contributed by atoms with Gasteiger partial charge in [0.05, 0.1) is 11.6 Å². The molecule has 0 saturated carbocycles. The Labute approximate surface area is 111 Å². The van der Waals surface area contributed by atoms with Gasteiger partial charge in [0.1, 0.15) is 11.3 Å². The first-order chi connectivity index (χ1) is 8.58. The summed E-state index contributed by atoms with van der Waals surface area (Å²) in [5, 5.41) is 1.68. The summed E-state index contributed by atoms with van der Waals surface area (Å²) in [6.45, 7) is 2.82. The van der Waals surface area contributed by atoms with Crippen LogP contribution in [0.2, 0.25) is 5.02 Å². The minimum Gasteiger partial charge on any atom is -0.459 e. The summed E-state index contributed by atoms with van der Waals surface area (Å²) in [7, 11) is 0. The topological polar surface area (TPSA) is 48.4 Å². The van der Waals surface area contributed by atoms with Crippen LogP contribution < -0.4 is 5.73 Å². The zero-order chi connectivity index (χ0) is 12.8. The van der Waals surface area contributed by atoms with Gasteiger partial charge < -0.3 is 14.9 Å². The number of hydrogen-bond acceptors (Lipinski definition) is 3. The summed E-state index contributed by atoms with van der Waals surface area (Å²) >= 11 is 5.96. The van der Waals surface area contributed by atoms with Gasteiger partial charge in [-0.15, -0.1) is 0 Å². The Balaban J connectivity index is 1.98. The highest BCUT2D eigenvalue weighted by molar-refractivity contribution is 6.31. The molecule has 0 amide bonds. The Hall–Kier alpha value is -1.03. The highest BCUT2D eigenvalue weighted by Crippen LogP contribution is 2.37. The average molecular weight is 266 g/mol. The number of furan rings is 1. The second-order valence-corrected chi connectivity index (χ2v) is 5.51. The lowest BCUT2D eigenvalue weighted by molar-refractivity contribution is -0.00648. The van der Waals surface area contributed by atoms with Crippen molar-refractivity contribution in [1.29, 1.82) is 0 Å². The molecule has 18 heavy (non-hydrogen) atoms. The van der Waals surface area contributed by atoms with Gasteiger partial charge in [0.15, 0.2) is 0 Å². The number of benzene rings is 1. The van der Waals surface area contributed by atoms with E-state index in [0.717, 1.165) is 36.2 Å². The van der Waals surface area contributed by atoms with E-state index in [4.69, 9.17) is 26.5 Å². The summed E-state index contributed by atoms with van der Waals surface area (Å²) < 4.78 is 11.6. The van der Waals surface area contributed by atoms with Crippen molar-refractivity contribution in [3.8, 4) is 0 Å². The van der Waals surface area contributed by atoms with Crippen molar-refractivity contribution in [3.63, 3.8) is 0 Å². The molecule has 1 aromatic carbocycles. The molecule has 2 heterocycles. The largest absolute Gasteiger partial charge is 0.459 e. The van der Waals surface area contributed by atoms with Crippen LogP contribution in [0.3, 0.4) is 0 Å². The number of nitrogens with two attached hydrogens (primary N) is 1. The number of fused-ring (bicyclic) bond motifs is 1. The van der Waals surface area contributed by atoms with Gasteiger partial charge in [-0.2, -0.15) is 0 Å². The van der Waals surface area contributed by atoms with E-state index in [1.54, 1.807) is 0 Å². The van der Waals surface area contributed by atoms with Gasteiger partial charge >= 0.3 is 0 Å². The Morgan fingerprint density at radius 1 is 1.39 bits per heavy atom. The third kappa shape index (κ3) is 1.92. The molecule has 2 atom stereocenters. The standard InChI is InChI=1S/C14H16ClNO2/c1-14(5-2-6-17-14)13(16)12-8-9-7-10(15)3-4-11(9)18-12/h3-4,7-8,13H,2,5-6,16H2,1H3. The molecule has 4 heteroatoms. The molecule has 3 rings (SSSR count). The molecule has 3 nitrogen and oxygen atoms in total. The lowest BCUT2D eigenvalue weighted by Gasteiger charge is -2.28.